The number of hydrogen-bond donors (Lipinski definition) is 1. The minimum Gasteiger partial charge on any atom is -0.305 e. The van der Waals surface area contributed by atoms with Gasteiger partial charge in [-0.15, -0.1) is 0 Å². The van der Waals surface area contributed by atoms with E-state index in [0.29, 0.717) is 6.04 Å². The van der Waals surface area contributed by atoms with Crippen LogP contribution < -0.4 is 4.84 Å². The average molecular weight is 213 g/mol. The van der Waals surface area contributed by atoms with E-state index in [9.17, 15) is 0 Å². The SMILES string of the molecule is CN(C)[C@H](CNCl)Cc1ccccc1. The Bertz CT molecular complexity index is 249. The molecular weight excluding hydrogens is 196 g/mol. The van der Waals surface area contributed by atoms with Crippen molar-refractivity contribution in [1.29, 1.82) is 0 Å². The van der Waals surface area contributed by atoms with Crippen LogP contribution in [0.3, 0.4) is 0 Å². The fraction of sp³-hybridized carbons (Fsp3) is 0.455. The summed E-state index contributed by atoms with van der Waals surface area (Å²) >= 11 is 5.53. The fourth-order valence-corrected chi connectivity index (χ4v) is 1.59. The lowest BCUT2D eigenvalue weighted by atomic mass is 10.1. The van der Waals surface area contributed by atoms with Gasteiger partial charge in [-0.2, -0.15) is 0 Å². The summed E-state index contributed by atoms with van der Waals surface area (Å²) < 4.78 is 0. The largest absolute Gasteiger partial charge is 0.305 e. The van der Waals surface area contributed by atoms with Crippen LogP contribution in [-0.2, 0) is 6.42 Å². The Hall–Kier alpha value is -0.570. The molecule has 0 aliphatic heterocycles. The van der Waals surface area contributed by atoms with E-state index in [4.69, 9.17) is 11.8 Å². The van der Waals surface area contributed by atoms with E-state index in [1.54, 1.807) is 0 Å². The highest BCUT2D eigenvalue weighted by molar-refractivity contribution is 6.13. The number of nitrogens with zero attached hydrogens (tertiary/aromatic N) is 1. The zero-order chi connectivity index (χ0) is 10.4. The molecule has 1 rings (SSSR count). The molecule has 0 unspecified atom stereocenters. The van der Waals surface area contributed by atoms with E-state index in [-0.39, 0.29) is 0 Å². The van der Waals surface area contributed by atoms with Gasteiger partial charge in [0.15, 0.2) is 0 Å². The first-order valence-corrected chi connectivity index (χ1v) is 5.15. The van der Waals surface area contributed by atoms with Gasteiger partial charge in [0.2, 0.25) is 0 Å². The molecule has 0 radical (unpaired) electrons. The van der Waals surface area contributed by atoms with Crippen LogP contribution in [0.4, 0.5) is 0 Å². The lowest BCUT2D eigenvalue weighted by molar-refractivity contribution is 0.292. The second-order valence-corrected chi connectivity index (χ2v) is 3.91. The third-order valence-corrected chi connectivity index (χ3v) is 2.51. The normalized spacial score (nSPS) is 13.1. The molecule has 2 nitrogen and oxygen atoms in total. The molecule has 0 saturated heterocycles. The fourth-order valence-electron chi connectivity index (χ4n) is 1.41. The summed E-state index contributed by atoms with van der Waals surface area (Å²) in [5, 5.41) is 0. The summed E-state index contributed by atoms with van der Waals surface area (Å²) in [6.07, 6.45) is 1.02. The molecule has 1 aromatic rings. The van der Waals surface area contributed by atoms with Gasteiger partial charge < -0.3 is 4.90 Å². The average Bonchev–Trinajstić information content (AvgIpc) is 2.18. The molecule has 0 aliphatic carbocycles. The van der Waals surface area contributed by atoms with Gasteiger partial charge in [0.05, 0.1) is 0 Å². The van der Waals surface area contributed by atoms with Crippen LogP contribution in [-0.4, -0.2) is 31.6 Å². The molecule has 0 aliphatic rings. The Morgan fingerprint density at radius 3 is 2.43 bits per heavy atom. The second-order valence-electron chi connectivity index (χ2n) is 3.64. The van der Waals surface area contributed by atoms with E-state index in [0.717, 1.165) is 13.0 Å². The van der Waals surface area contributed by atoms with Crippen LogP contribution in [0.2, 0.25) is 0 Å². The molecule has 0 saturated carbocycles. The molecular formula is C11H17ClN2. The van der Waals surface area contributed by atoms with Gasteiger partial charge in [0.25, 0.3) is 0 Å². The maximum Gasteiger partial charge on any atom is 0.0268 e. The number of nitrogens with one attached hydrogen (secondary N) is 1. The maximum atomic E-state index is 5.53. The molecule has 78 valence electrons. The first-order chi connectivity index (χ1) is 6.74. The van der Waals surface area contributed by atoms with Crippen molar-refractivity contribution in [3.8, 4) is 0 Å². The van der Waals surface area contributed by atoms with Gasteiger partial charge in [0.1, 0.15) is 0 Å². The smallest absolute Gasteiger partial charge is 0.0268 e. The molecule has 14 heavy (non-hydrogen) atoms. The van der Waals surface area contributed by atoms with Crippen molar-refractivity contribution >= 4 is 11.8 Å². The quantitative estimate of drug-likeness (QED) is 0.751. The standard InChI is InChI=1S/C11H17ClN2/c1-14(2)11(9-13-12)8-10-6-4-3-5-7-10/h3-7,11,13H,8-9H2,1-2H3/t11-/m0/s1. The highest BCUT2D eigenvalue weighted by Crippen LogP contribution is 2.06. The summed E-state index contributed by atoms with van der Waals surface area (Å²) in [5.41, 5.74) is 1.35. The molecule has 0 spiro atoms. The molecule has 0 amide bonds. The Labute approximate surface area is 91.0 Å². The Morgan fingerprint density at radius 1 is 1.29 bits per heavy atom. The van der Waals surface area contributed by atoms with Crippen LogP contribution in [0.5, 0.6) is 0 Å². The van der Waals surface area contributed by atoms with Crippen LogP contribution >= 0.6 is 11.8 Å². The van der Waals surface area contributed by atoms with Crippen molar-refractivity contribution in [2.24, 2.45) is 0 Å². The molecule has 1 aromatic carbocycles. The minimum absolute atomic E-state index is 0.440. The molecule has 1 atom stereocenters. The summed E-state index contributed by atoms with van der Waals surface area (Å²) in [5.74, 6) is 0. The van der Waals surface area contributed by atoms with E-state index in [1.807, 2.05) is 6.07 Å². The van der Waals surface area contributed by atoms with Crippen molar-refractivity contribution < 1.29 is 0 Å². The number of benzene rings is 1. The van der Waals surface area contributed by atoms with Crippen molar-refractivity contribution in [2.45, 2.75) is 12.5 Å². The van der Waals surface area contributed by atoms with Crippen LogP contribution in [0.1, 0.15) is 5.56 Å². The Balaban J connectivity index is 2.55. The number of hydrogen-bond acceptors (Lipinski definition) is 2. The summed E-state index contributed by atoms with van der Waals surface area (Å²) in [6, 6.07) is 10.9. The number of rotatable bonds is 5. The van der Waals surface area contributed by atoms with E-state index in [1.165, 1.54) is 5.56 Å². The zero-order valence-electron chi connectivity index (χ0n) is 8.70. The molecule has 0 aromatic heterocycles. The predicted octanol–water partition coefficient (Wildman–Crippen LogP) is 1.90. The number of likely N-dealkylation sites (N-methyl/N-ethyl adjacent to an activating group) is 1. The van der Waals surface area contributed by atoms with Crippen LogP contribution in [0.15, 0.2) is 30.3 Å². The third-order valence-electron chi connectivity index (χ3n) is 2.36. The van der Waals surface area contributed by atoms with Crippen LogP contribution in [0, 0.1) is 0 Å². The van der Waals surface area contributed by atoms with E-state index >= 15 is 0 Å². The monoisotopic (exact) mass is 212 g/mol. The Morgan fingerprint density at radius 2 is 1.93 bits per heavy atom. The highest BCUT2D eigenvalue weighted by atomic mass is 35.5. The van der Waals surface area contributed by atoms with Gasteiger partial charge >= 0.3 is 0 Å². The summed E-state index contributed by atoms with van der Waals surface area (Å²) in [4.78, 5) is 4.88. The lowest BCUT2D eigenvalue weighted by Gasteiger charge is -2.23. The van der Waals surface area contributed by atoms with Gasteiger partial charge in [0, 0.05) is 12.6 Å². The van der Waals surface area contributed by atoms with Crippen LogP contribution in [0.25, 0.3) is 0 Å². The lowest BCUT2D eigenvalue weighted by Crippen LogP contribution is -2.36. The number of halogens is 1. The van der Waals surface area contributed by atoms with Gasteiger partial charge in [-0.25, -0.2) is 4.84 Å². The first kappa shape index (κ1) is 11.5. The molecule has 1 N–H and O–H groups in total. The zero-order valence-corrected chi connectivity index (χ0v) is 9.46. The summed E-state index contributed by atoms with van der Waals surface area (Å²) in [7, 11) is 4.14. The molecule has 0 bridgehead atoms. The van der Waals surface area contributed by atoms with Gasteiger partial charge in [-0.05, 0) is 37.9 Å². The second kappa shape index (κ2) is 6.02. The predicted molar refractivity (Wildman–Crippen MR) is 61.5 cm³/mol. The molecule has 0 fully saturated rings. The van der Waals surface area contributed by atoms with E-state index in [2.05, 4.69) is 48.1 Å². The molecule has 3 heteroatoms. The van der Waals surface area contributed by atoms with Gasteiger partial charge in [-0.1, -0.05) is 30.3 Å². The third kappa shape index (κ3) is 3.66. The first-order valence-electron chi connectivity index (χ1n) is 4.78. The summed E-state index contributed by atoms with van der Waals surface area (Å²) in [6.45, 7) is 0.795. The van der Waals surface area contributed by atoms with E-state index < -0.39 is 0 Å². The van der Waals surface area contributed by atoms with Gasteiger partial charge in [-0.3, -0.25) is 0 Å². The minimum atomic E-state index is 0.440. The van der Waals surface area contributed by atoms with Crippen molar-refractivity contribution in [2.75, 3.05) is 20.6 Å². The highest BCUT2D eigenvalue weighted by Gasteiger charge is 2.10. The van der Waals surface area contributed by atoms with Crippen molar-refractivity contribution in [3.63, 3.8) is 0 Å². The maximum absolute atomic E-state index is 5.53. The molecule has 0 heterocycles. The van der Waals surface area contributed by atoms with Crippen molar-refractivity contribution in [1.82, 2.24) is 9.74 Å². The Kier molecular flexibility index (Phi) is 4.94. The topological polar surface area (TPSA) is 15.3 Å². The van der Waals surface area contributed by atoms with Crippen molar-refractivity contribution in [3.05, 3.63) is 35.9 Å².